The third kappa shape index (κ3) is 2.98. The fourth-order valence-electron chi connectivity index (χ4n) is 2.49. The Morgan fingerprint density at radius 3 is 2.94 bits per heavy atom. The van der Waals surface area contributed by atoms with Crippen LogP contribution in [-0.4, -0.2) is 17.9 Å². The first-order valence-corrected chi connectivity index (χ1v) is 6.26. The number of aldehydes is 1. The number of halogens is 1. The van der Waals surface area contributed by atoms with Gasteiger partial charge in [0.15, 0.2) is 0 Å². The van der Waals surface area contributed by atoms with E-state index in [2.05, 4.69) is 18.4 Å². The Morgan fingerprint density at radius 2 is 2.35 bits per heavy atom. The van der Waals surface area contributed by atoms with Gasteiger partial charge < -0.3 is 4.79 Å². The molecule has 1 aliphatic carbocycles. The maximum absolute atomic E-state index is 12.0. The van der Waals surface area contributed by atoms with Gasteiger partial charge in [-0.1, -0.05) is 25.0 Å². The molecule has 1 saturated carbocycles. The predicted molar refractivity (Wildman–Crippen MR) is 68.8 cm³/mol. The van der Waals surface area contributed by atoms with E-state index in [9.17, 15) is 9.59 Å². The van der Waals surface area contributed by atoms with Gasteiger partial charge >= 0.3 is 0 Å². The SMILES string of the molecule is C=C(CC=O)[C@H]1CCC(=O)[C@]1(C)CC#CCCl. The Bertz CT molecular complexity index is 389. The fourth-order valence-corrected chi connectivity index (χ4v) is 2.59. The lowest BCUT2D eigenvalue weighted by Crippen LogP contribution is -2.29. The Balaban J connectivity index is 2.86. The average molecular weight is 253 g/mol. The van der Waals surface area contributed by atoms with Gasteiger partial charge in [-0.3, -0.25) is 4.79 Å². The third-order valence-electron chi connectivity index (χ3n) is 3.55. The Labute approximate surface area is 107 Å². The fraction of sp³-hybridized carbons (Fsp3) is 0.571. The molecule has 3 heteroatoms. The summed E-state index contributed by atoms with van der Waals surface area (Å²) in [5.74, 6) is 6.30. The topological polar surface area (TPSA) is 34.1 Å². The largest absolute Gasteiger partial charge is 0.303 e. The molecule has 0 aromatic carbocycles. The average Bonchev–Trinajstić information content (AvgIpc) is 2.57. The lowest BCUT2D eigenvalue weighted by molar-refractivity contribution is -0.125. The monoisotopic (exact) mass is 252 g/mol. The van der Waals surface area contributed by atoms with Crippen molar-refractivity contribution in [2.75, 3.05) is 5.88 Å². The molecule has 1 fully saturated rings. The highest BCUT2D eigenvalue weighted by Gasteiger charge is 2.46. The zero-order valence-corrected chi connectivity index (χ0v) is 10.8. The predicted octanol–water partition coefficient (Wildman–Crippen LogP) is 2.75. The minimum atomic E-state index is -0.487. The summed E-state index contributed by atoms with van der Waals surface area (Å²) in [4.78, 5) is 22.5. The van der Waals surface area contributed by atoms with Crippen LogP contribution in [0, 0.1) is 23.2 Å². The van der Waals surface area contributed by atoms with Crippen LogP contribution in [0.3, 0.4) is 0 Å². The molecule has 1 aliphatic rings. The summed E-state index contributed by atoms with van der Waals surface area (Å²) >= 11 is 5.50. The van der Waals surface area contributed by atoms with E-state index in [1.54, 1.807) is 0 Å². The van der Waals surface area contributed by atoms with Crippen LogP contribution in [0.1, 0.15) is 32.6 Å². The van der Waals surface area contributed by atoms with Crippen molar-refractivity contribution in [3.05, 3.63) is 12.2 Å². The van der Waals surface area contributed by atoms with Crippen molar-refractivity contribution < 1.29 is 9.59 Å². The number of allylic oxidation sites excluding steroid dienone is 1. The Morgan fingerprint density at radius 1 is 1.65 bits per heavy atom. The van der Waals surface area contributed by atoms with E-state index in [4.69, 9.17) is 11.6 Å². The van der Waals surface area contributed by atoms with Crippen molar-refractivity contribution in [2.45, 2.75) is 32.6 Å². The summed E-state index contributed by atoms with van der Waals surface area (Å²) in [6, 6.07) is 0. The maximum atomic E-state index is 12.0. The first-order chi connectivity index (χ1) is 8.06. The van der Waals surface area contributed by atoms with Crippen LogP contribution < -0.4 is 0 Å². The molecule has 2 atom stereocenters. The molecule has 2 nitrogen and oxygen atoms in total. The Kier molecular flexibility index (Phi) is 4.96. The van der Waals surface area contributed by atoms with E-state index in [0.717, 1.165) is 18.3 Å². The molecule has 0 heterocycles. The molecule has 0 N–H and O–H groups in total. The standard InChI is InChI=1S/C14H17ClO2/c1-11(7-10-16)12-5-6-13(17)14(12,2)8-3-4-9-15/h10,12H,1,5-9H2,2H3/t12-,14-/m1/s1. The van der Waals surface area contributed by atoms with Crippen LogP contribution >= 0.6 is 11.6 Å². The van der Waals surface area contributed by atoms with Crippen molar-refractivity contribution >= 4 is 23.7 Å². The minimum absolute atomic E-state index is 0.0739. The summed E-state index contributed by atoms with van der Waals surface area (Å²) in [6.07, 6.45) is 3.01. The van der Waals surface area contributed by atoms with E-state index in [-0.39, 0.29) is 17.6 Å². The molecule has 0 bridgehead atoms. The Hall–Kier alpha value is -1.07. The van der Waals surface area contributed by atoms with Crippen molar-refractivity contribution in [1.82, 2.24) is 0 Å². The zero-order chi connectivity index (χ0) is 12.9. The molecule has 0 amide bonds. The van der Waals surface area contributed by atoms with Gasteiger partial charge in [0.2, 0.25) is 0 Å². The molecule has 0 aliphatic heterocycles. The molecule has 17 heavy (non-hydrogen) atoms. The quantitative estimate of drug-likeness (QED) is 0.334. The molecule has 0 saturated heterocycles. The van der Waals surface area contributed by atoms with Crippen molar-refractivity contribution in [2.24, 2.45) is 11.3 Å². The number of carbonyl (C=O) groups is 2. The summed E-state index contributed by atoms with van der Waals surface area (Å²) < 4.78 is 0. The van der Waals surface area contributed by atoms with Gasteiger partial charge in [0, 0.05) is 24.7 Å². The molecule has 0 aromatic heterocycles. The van der Waals surface area contributed by atoms with Gasteiger partial charge in [-0.05, 0) is 12.3 Å². The van der Waals surface area contributed by atoms with E-state index >= 15 is 0 Å². The highest BCUT2D eigenvalue weighted by atomic mass is 35.5. The van der Waals surface area contributed by atoms with Gasteiger partial charge in [0.1, 0.15) is 12.1 Å². The molecule has 1 rings (SSSR count). The number of rotatable bonds is 4. The van der Waals surface area contributed by atoms with Crippen molar-refractivity contribution in [3.8, 4) is 11.8 Å². The molecule has 92 valence electrons. The van der Waals surface area contributed by atoms with Crippen LogP contribution in [0.15, 0.2) is 12.2 Å². The second-order valence-electron chi connectivity index (χ2n) is 4.62. The highest BCUT2D eigenvalue weighted by Crippen LogP contribution is 2.46. The molecule has 0 unspecified atom stereocenters. The highest BCUT2D eigenvalue weighted by molar-refractivity contribution is 6.19. The molecule has 0 radical (unpaired) electrons. The van der Waals surface area contributed by atoms with Crippen LogP contribution in [0.5, 0.6) is 0 Å². The van der Waals surface area contributed by atoms with Gasteiger partial charge in [0.05, 0.1) is 5.88 Å². The van der Waals surface area contributed by atoms with Crippen LogP contribution in [0.4, 0.5) is 0 Å². The number of hydrogen-bond acceptors (Lipinski definition) is 2. The molecule has 0 spiro atoms. The molecule has 0 aromatic rings. The van der Waals surface area contributed by atoms with Gasteiger partial charge in [-0.15, -0.1) is 17.5 Å². The van der Waals surface area contributed by atoms with E-state index in [0.29, 0.717) is 19.3 Å². The first-order valence-electron chi connectivity index (χ1n) is 5.72. The minimum Gasteiger partial charge on any atom is -0.303 e. The van der Waals surface area contributed by atoms with Crippen LogP contribution in [-0.2, 0) is 9.59 Å². The first kappa shape index (κ1) is 14.0. The number of ketones is 1. The zero-order valence-electron chi connectivity index (χ0n) is 10.1. The lowest BCUT2D eigenvalue weighted by Gasteiger charge is -2.29. The number of alkyl halides is 1. The van der Waals surface area contributed by atoms with Gasteiger partial charge in [-0.25, -0.2) is 0 Å². The number of carbonyl (C=O) groups excluding carboxylic acids is 2. The summed E-state index contributed by atoms with van der Waals surface area (Å²) in [5.41, 5.74) is 0.361. The summed E-state index contributed by atoms with van der Waals surface area (Å²) in [7, 11) is 0. The lowest BCUT2D eigenvalue weighted by atomic mass is 9.73. The van der Waals surface area contributed by atoms with Gasteiger partial charge in [0.25, 0.3) is 0 Å². The van der Waals surface area contributed by atoms with Crippen LogP contribution in [0.25, 0.3) is 0 Å². The summed E-state index contributed by atoms with van der Waals surface area (Å²) in [6.45, 7) is 5.85. The second kappa shape index (κ2) is 6.02. The second-order valence-corrected chi connectivity index (χ2v) is 4.89. The van der Waals surface area contributed by atoms with E-state index < -0.39 is 5.41 Å². The van der Waals surface area contributed by atoms with Gasteiger partial charge in [-0.2, -0.15) is 0 Å². The number of hydrogen-bond donors (Lipinski definition) is 0. The van der Waals surface area contributed by atoms with Crippen molar-refractivity contribution in [3.63, 3.8) is 0 Å². The van der Waals surface area contributed by atoms with Crippen molar-refractivity contribution in [1.29, 1.82) is 0 Å². The maximum Gasteiger partial charge on any atom is 0.140 e. The number of Topliss-reactive ketones (excluding diaryl/α,β-unsaturated/α-hetero) is 1. The summed E-state index contributed by atoms with van der Waals surface area (Å²) in [5, 5.41) is 0. The normalized spacial score (nSPS) is 27.4. The van der Waals surface area contributed by atoms with Crippen LogP contribution in [0.2, 0.25) is 0 Å². The smallest absolute Gasteiger partial charge is 0.140 e. The molecular weight excluding hydrogens is 236 g/mol. The third-order valence-corrected chi connectivity index (χ3v) is 3.69. The van der Waals surface area contributed by atoms with E-state index in [1.165, 1.54) is 0 Å². The molecular formula is C14H17ClO2. The van der Waals surface area contributed by atoms with E-state index in [1.807, 2.05) is 6.92 Å².